The number of fused-ring (bicyclic) bond motifs is 1. The molecule has 1 aromatic carbocycles. The summed E-state index contributed by atoms with van der Waals surface area (Å²) in [5, 5.41) is 9.09. The van der Waals surface area contributed by atoms with Crippen molar-refractivity contribution in [2.24, 2.45) is 5.92 Å². The molecule has 70 valence electrons. The second kappa shape index (κ2) is 3.51. The van der Waals surface area contributed by atoms with Gasteiger partial charge in [0.25, 0.3) is 0 Å². The summed E-state index contributed by atoms with van der Waals surface area (Å²) in [5.74, 6) is 0.495. The minimum absolute atomic E-state index is 0.341. The molecule has 0 spiro atoms. The lowest BCUT2D eigenvalue weighted by molar-refractivity contribution is 0.213. The van der Waals surface area contributed by atoms with Crippen LogP contribution in [0.3, 0.4) is 0 Å². The molecular weight excluding hydrogens is 160 g/mol. The van der Waals surface area contributed by atoms with Gasteiger partial charge in [0.1, 0.15) is 0 Å². The van der Waals surface area contributed by atoms with Crippen LogP contribution in [0.1, 0.15) is 23.1 Å². The van der Waals surface area contributed by atoms with Crippen molar-refractivity contribution in [2.75, 3.05) is 6.61 Å². The first-order valence-corrected chi connectivity index (χ1v) is 4.99. The highest BCUT2D eigenvalue weighted by Gasteiger charge is 2.17. The predicted octanol–water partition coefficient (Wildman–Crippen LogP) is 2.09. The molecule has 1 aromatic rings. The first kappa shape index (κ1) is 8.76. The number of aryl methyl sites for hydroxylation is 2. The molecular formula is C12H16O. The fraction of sp³-hybridized carbons (Fsp3) is 0.500. The van der Waals surface area contributed by atoms with Gasteiger partial charge in [-0.25, -0.2) is 0 Å². The van der Waals surface area contributed by atoms with Crippen molar-refractivity contribution in [3.05, 3.63) is 34.9 Å². The van der Waals surface area contributed by atoms with Crippen LogP contribution in [0.4, 0.5) is 0 Å². The fourth-order valence-electron chi connectivity index (χ4n) is 2.12. The molecule has 2 rings (SSSR count). The molecule has 0 fully saturated rings. The third-order valence-corrected chi connectivity index (χ3v) is 2.95. The van der Waals surface area contributed by atoms with Gasteiger partial charge in [-0.05, 0) is 43.2 Å². The van der Waals surface area contributed by atoms with Gasteiger partial charge in [0.2, 0.25) is 0 Å². The number of aliphatic hydroxyl groups is 1. The van der Waals surface area contributed by atoms with E-state index in [0.717, 1.165) is 19.3 Å². The third kappa shape index (κ3) is 1.75. The van der Waals surface area contributed by atoms with Crippen molar-refractivity contribution < 1.29 is 5.11 Å². The van der Waals surface area contributed by atoms with Gasteiger partial charge in [0.15, 0.2) is 0 Å². The van der Waals surface area contributed by atoms with E-state index >= 15 is 0 Å². The molecule has 13 heavy (non-hydrogen) atoms. The topological polar surface area (TPSA) is 20.2 Å². The monoisotopic (exact) mass is 176 g/mol. The van der Waals surface area contributed by atoms with Crippen molar-refractivity contribution in [3.63, 3.8) is 0 Å². The summed E-state index contributed by atoms with van der Waals surface area (Å²) in [6.07, 6.45) is 3.35. The van der Waals surface area contributed by atoms with Crippen LogP contribution >= 0.6 is 0 Å². The van der Waals surface area contributed by atoms with Crippen LogP contribution in [-0.4, -0.2) is 11.7 Å². The van der Waals surface area contributed by atoms with E-state index in [-0.39, 0.29) is 0 Å². The Morgan fingerprint density at radius 1 is 1.38 bits per heavy atom. The van der Waals surface area contributed by atoms with Gasteiger partial charge < -0.3 is 5.11 Å². The van der Waals surface area contributed by atoms with E-state index in [1.807, 2.05) is 0 Å². The predicted molar refractivity (Wildman–Crippen MR) is 53.8 cm³/mol. The molecule has 1 nitrogen and oxygen atoms in total. The summed E-state index contributed by atoms with van der Waals surface area (Å²) in [6, 6.07) is 6.67. The number of hydrogen-bond acceptors (Lipinski definition) is 1. The van der Waals surface area contributed by atoms with E-state index in [0.29, 0.717) is 12.5 Å². The standard InChI is InChI=1S/C12H16O/c1-9-2-4-11-5-3-10(8-13)7-12(11)6-9/h2,4,6,10,13H,3,5,7-8H2,1H3/t10-/m1/s1. The molecule has 0 amide bonds. The number of benzene rings is 1. The van der Waals surface area contributed by atoms with Crippen LogP contribution in [0.5, 0.6) is 0 Å². The molecule has 0 bridgehead atoms. The molecule has 1 N–H and O–H groups in total. The average Bonchev–Trinajstić information content (AvgIpc) is 2.16. The lowest BCUT2D eigenvalue weighted by Gasteiger charge is -2.23. The molecule has 0 aromatic heterocycles. The van der Waals surface area contributed by atoms with Crippen LogP contribution in [0.25, 0.3) is 0 Å². The van der Waals surface area contributed by atoms with Crippen LogP contribution in [0.2, 0.25) is 0 Å². The molecule has 1 atom stereocenters. The Labute approximate surface area is 79.4 Å². The Morgan fingerprint density at radius 3 is 3.00 bits per heavy atom. The fourth-order valence-corrected chi connectivity index (χ4v) is 2.12. The maximum Gasteiger partial charge on any atom is 0.0462 e. The second-order valence-corrected chi connectivity index (χ2v) is 4.06. The van der Waals surface area contributed by atoms with E-state index in [2.05, 4.69) is 25.1 Å². The van der Waals surface area contributed by atoms with Crippen molar-refractivity contribution in [1.82, 2.24) is 0 Å². The minimum Gasteiger partial charge on any atom is -0.396 e. The van der Waals surface area contributed by atoms with Crippen molar-refractivity contribution in [2.45, 2.75) is 26.2 Å². The second-order valence-electron chi connectivity index (χ2n) is 4.06. The quantitative estimate of drug-likeness (QED) is 0.694. The van der Waals surface area contributed by atoms with E-state index in [4.69, 9.17) is 5.11 Å². The summed E-state index contributed by atoms with van der Waals surface area (Å²) in [5.41, 5.74) is 4.26. The summed E-state index contributed by atoms with van der Waals surface area (Å²) in [4.78, 5) is 0. The smallest absolute Gasteiger partial charge is 0.0462 e. The Kier molecular flexibility index (Phi) is 2.36. The highest BCUT2D eigenvalue weighted by molar-refractivity contribution is 5.33. The van der Waals surface area contributed by atoms with Gasteiger partial charge >= 0.3 is 0 Å². The van der Waals surface area contributed by atoms with Gasteiger partial charge in [-0.15, -0.1) is 0 Å². The molecule has 1 heteroatoms. The highest BCUT2D eigenvalue weighted by Crippen LogP contribution is 2.25. The normalized spacial score (nSPS) is 21.2. The van der Waals surface area contributed by atoms with Crippen LogP contribution in [0.15, 0.2) is 18.2 Å². The van der Waals surface area contributed by atoms with Crippen LogP contribution < -0.4 is 0 Å². The third-order valence-electron chi connectivity index (χ3n) is 2.95. The van der Waals surface area contributed by atoms with E-state index in [9.17, 15) is 0 Å². The molecule has 0 aliphatic heterocycles. The van der Waals surface area contributed by atoms with Crippen LogP contribution in [0, 0.1) is 12.8 Å². The number of rotatable bonds is 1. The first-order chi connectivity index (χ1) is 6.29. The van der Waals surface area contributed by atoms with Gasteiger partial charge in [-0.3, -0.25) is 0 Å². The van der Waals surface area contributed by atoms with Crippen molar-refractivity contribution >= 4 is 0 Å². The molecule has 0 saturated carbocycles. The van der Waals surface area contributed by atoms with E-state index in [1.54, 1.807) is 0 Å². The van der Waals surface area contributed by atoms with E-state index < -0.39 is 0 Å². The molecule has 0 radical (unpaired) electrons. The summed E-state index contributed by atoms with van der Waals surface area (Å²) in [6.45, 7) is 2.47. The maximum absolute atomic E-state index is 9.09. The number of hydrogen-bond donors (Lipinski definition) is 1. The van der Waals surface area contributed by atoms with Gasteiger partial charge in [-0.2, -0.15) is 0 Å². The van der Waals surface area contributed by atoms with Gasteiger partial charge in [0, 0.05) is 6.61 Å². The molecule has 0 saturated heterocycles. The lowest BCUT2D eigenvalue weighted by Crippen LogP contribution is -2.17. The Balaban J connectivity index is 2.27. The zero-order chi connectivity index (χ0) is 9.26. The van der Waals surface area contributed by atoms with Gasteiger partial charge in [-0.1, -0.05) is 23.8 Å². The van der Waals surface area contributed by atoms with Crippen molar-refractivity contribution in [3.8, 4) is 0 Å². The zero-order valence-corrected chi connectivity index (χ0v) is 8.09. The molecule has 1 aliphatic rings. The highest BCUT2D eigenvalue weighted by atomic mass is 16.3. The van der Waals surface area contributed by atoms with Crippen molar-refractivity contribution in [1.29, 1.82) is 0 Å². The Hall–Kier alpha value is -0.820. The molecule has 0 heterocycles. The summed E-state index contributed by atoms with van der Waals surface area (Å²) >= 11 is 0. The lowest BCUT2D eigenvalue weighted by atomic mass is 9.84. The van der Waals surface area contributed by atoms with Crippen LogP contribution in [-0.2, 0) is 12.8 Å². The SMILES string of the molecule is Cc1ccc2c(c1)C[C@H](CO)CC2. The Morgan fingerprint density at radius 2 is 2.23 bits per heavy atom. The Bertz CT molecular complexity index is 304. The molecule has 1 aliphatic carbocycles. The number of aliphatic hydroxyl groups excluding tert-OH is 1. The summed E-state index contributed by atoms with van der Waals surface area (Å²) < 4.78 is 0. The largest absolute Gasteiger partial charge is 0.396 e. The van der Waals surface area contributed by atoms with Gasteiger partial charge in [0.05, 0.1) is 0 Å². The minimum atomic E-state index is 0.341. The zero-order valence-electron chi connectivity index (χ0n) is 8.09. The first-order valence-electron chi connectivity index (χ1n) is 4.99. The van der Waals surface area contributed by atoms with E-state index in [1.165, 1.54) is 16.7 Å². The average molecular weight is 176 g/mol. The maximum atomic E-state index is 9.09. The molecule has 0 unspecified atom stereocenters. The summed E-state index contributed by atoms with van der Waals surface area (Å²) in [7, 11) is 0.